The van der Waals surface area contributed by atoms with Gasteiger partial charge in [-0.15, -0.1) is 0 Å². The van der Waals surface area contributed by atoms with Gasteiger partial charge in [-0.25, -0.2) is 0 Å². The van der Waals surface area contributed by atoms with Gasteiger partial charge < -0.3 is 4.74 Å². The number of carbonyl (C=O) groups is 1. The van der Waals surface area contributed by atoms with Crippen molar-refractivity contribution in [2.75, 3.05) is 12.4 Å². The number of ether oxygens (including phenoxy) is 1. The van der Waals surface area contributed by atoms with E-state index in [4.69, 9.17) is 16.3 Å². The molecule has 0 aromatic heterocycles. The van der Waals surface area contributed by atoms with Gasteiger partial charge in [0.2, 0.25) is 0 Å². The minimum Gasteiger partial charge on any atom is -0.492 e. The maximum absolute atomic E-state index is 11.9. The molecular weight excluding hydrogens is 289 g/mol. The Morgan fingerprint density at radius 1 is 1.44 bits per heavy atom. The van der Waals surface area contributed by atoms with Crippen molar-refractivity contribution >= 4 is 29.1 Å². The molecule has 2 nitrogen and oxygen atoms in total. The van der Waals surface area contributed by atoms with Crippen LogP contribution in [0.1, 0.15) is 17.3 Å². The van der Waals surface area contributed by atoms with Gasteiger partial charge in [0.25, 0.3) is 0 Å². The molecule has 0 aliphatic rings. The van der Waals surface area contributed by atoms with Gasteiger partial charge in [0.15, 0.2) is 5.78 Å². The smallest absolute Gasteiger partial charge is 0.441 e. The molecule has 0 radical (unpaired) electrons. The van der Waals surface area contributed by atoms with Gasteiger partial charge in [-0.05, 0) is 36.9 Å². The fourth-order valence-corrected chi connectivity index (χ4v) is 1.78. The van der Waals surface area contributed by atoms with Crippen molar-refractivity contribution in [2.24, 2.45) is 0 Å². The third-order valence-corrected chi connectivity index (χ3v) is 2.86. The summed E-state index contributed by atoms with van der Waals surface area (Å²) in [6.45, 7) is 1.20. The van der Waals surface area contributed by atoms with Crippen LogP contribution in [-0.2, 0) is 0 Å². The molecule has 0 heterocycles. The molecule has 0 aliphatic carbocycles. The number of benzene rings is 1. The van der Waals surface area contributed by atoms with E-state index in [-0.39, 0.29) is 41.2 Å². The first kappa shape index (κ1) is 15.2. The lowest BCUT2D eigenvalue weighted by atomic mass is 10.1. The fourth-order valence-electron chi connectivity index (χ4n) is 1.21. The summed E-state index contributed by atoms with van der Waals surface area (Å²) < 4.78 is 40.8. The number of carbonyl (C=O) groups excluding carboxylic acids is 1. The predicted molar refractivity (Wildman–Crippen MR) is 65.5 cm³/mol. The van der Waals surface area contributed by atoms with E-state index in [1.165, 1.54) is 25.1 Å². The number of rotatable bonds is 5. The number of ketones is 1. The largest absolute Gasteiger partial charge is 0.492 e. The first-order valence-corrected chi connectivity index (χ1v) is 6.30. The zero-order valence-corrected chi connectivity index (χ0v) is 11.0. The zero-order chi connectivity index (χ0) is 13.8. The van der Waals surface area contributed by atoms with E-state index in [0.29, 0.717) is 5.02 Å². The van der Waals surface area contributed by atoms with E-state index in [2.05, 4.69) is 0 Å². The van der Waals surface area contributed by atoms with Gasteiger partial charge in [-0.3, -0.25) is 4.79 Å². The normalized spacial score (nSPS) is 11.4. The van der Waals surface area contributed by atoms with E-state index < -0.39 is 5.51 Å². The second kappa shape index (κ2) is 6.33. The number of hydrogen-bond donors (Lipinski definition) is 0. The topological polar surface area (TPSA) is 26.3 Å². The summed E-state index contributed by atoms with van der Waals surface area (Å²) in [6.07, 6.45) is 0. The number of halogens is 4. The highest BCUT2D eigenvalue weighted by Gasteiger charge is 2.27. The van der Waals surface area contributed by atoms with Gasteiger partial charge in [0, 0.05) is 10.8 Å². The summed E-state index contributed by atoms with van der Waals surface area (Å²) in [5, 5.41) is 0.372. The molecule has 0 fully saturated rings. The summed E-state index contributed by atoms with van der Waals surface area (Å²) in [4.78, 5) is 11.3. The van der Waals surface area contributed by atoms with Gasteiger partial charge >= 0.3 is 5.51 Å². The van der Waals surface area contributed by atoms with Crippen molar-refractivity contribution in [3.05, 3.63) is 28.8 Å². The average Bonchev–Trinajstić information content (AvgIpc) is 2.24. The second-order valence-electron chi connectivity index (χ2n) is 3.34. The summed E-state index contributed by atoms with van der Waals surface area (Å²) in [5.41, 5.74) is -4.01. The Kier molecular flexibility index (Phi) is 5.34. The molecule has 0 N–H and O–H groups in total. The van der Waals surface area contributed by atoms with E-state index in [0.717, 1.165) is 0 Å². The Morgan fingerprint density at radius 3 is 2.67 bits per heavy atom. The number of Topliss-reactive ketones (excluding diaryl/α,β-unsaturated/α-hetero) is 1. The Hall–Kier alpha value is -0.880. The Morgan fingerprint density at radius 2 is 2.11 bits per heavy atom. The van der Waals surface area contributed by atoms with Crippen LogP contribution >= 0.6 is 23.4 Å². The first-order valence-electron chi connectivity index (χ1n) is 4.93. The van der Waals surface area contributed by atoms with Crippen molar-refractivity contribution in [3.8, 4) is 5.75 Å². The average molecular weight is 299 g/mol. The highest BCUT2D eigenvalue weighted by molar-refractivity contribution is 8.00. The molecule has 0 bridgehead atoms. The van der Waals surface area contributed by atoms with Crippen LogP contribution in [0.3, 0.4) is 0 Å². The number of alkyl halides is 3. The molecule has 0 saturated carbocycles. The Bertz CT molecular complexity index is 435. The van der Waals surface area contributed by atoms with Crippen LogP contribution in [0.25, 0.3) is 0 Å². The fraction of sp³-hybridized carbons (Fsp3) is 0.364. The molecule has 0 unspecified atom stereocenters. The molecular formula is C11H10ClF3O2S. The van der Waals surface area contributed by atoms with Crippen molar-refractivity contribution < 1.29 is 22.7 Å². The van der Waals surface area contributed by atoms with Crippen molar-refractivity contribution in [1.29, 1.82) is 0 Å². The lowest BCUT2D eigenvalue weighted by Crippen LogP contribution is -2.09. The van der Waals surface area contributed by atoms with E-state index in [1.807, 2.05) is 0 Å². The van der Waals surface area contributed by atoms with E-state index in [9.17, 15) is 18.0 Å². The predicted octanol–water partition coefficient (Wildman–Crippen LogP) is 4.17. The standard InChI is InChI=1S/C11H10ClF3O2S/c1-7(16)9-6-8(12)2-3-10(9)17-4-5-18-11(13,14)15/h2-3,6H,4-5H2,1H3. The quantitative estimate of drug-likeness (QED) is 0.603. The molecule has 7 heteroatoms. The van der Waals surface area contributed by atoms with Crippen LogP contribution < -0.4 is 4.74 Å². The molecule has 0 aliphatic heterocycles. The van der Waals surface area contributed by atoms with Crippen molar-refractivity contribution in [1.82, 2.24) is 0 Å². The SMILES string of the molecule is CC(=O)c1cc(Cl)ccc1OCCSC(F)(F)F. The van der Waals surface area contributed by atoms with Gasteiger partial charge in [0.05, 0.1) is 12.2 Å². The Balaban J connectivity index is 2.59. The summed E-state index contributed by atoms with van der Waals surface area (Å²) in [7, 11) is 0. The molecule has 1 rings (SSSR count). The van der Waals surface area contributed by atoms with Gasteiger partial charge in [0.1, 0.15) is 5.75 Å². The van der Waals surface area contributed by atoms with E-state index >= 15 is 0 Å². The van der Waals surface area contributed by atoms with Crippen LogP contribution in [0.4, 0.5) is 13.2 Å². The lowest BCUT2D eigenvalue weighted by Gasteiger charge is -2.10. The molecule has 0 spiro atoms. The molecule has 0 atom stereocenters. The molecule has 0 saturated heterocycles. The molecule has 18 heavy (non-hydrogen) atoms. The highest BCUT2D eigenvalue weighted by Crippen LogP contribution is 2.30. The lowest BCUT2D eigenvalue weighted by molar-refractivity contribution is -0.0329. The second-order valence-corrected chi connectivity index (χ2v) is 4.94. The molecule has 1 aromatic carbocycles. The van der Waals surface area contributed by atoms with Crippen LogP contribution in [0.15, 0.2) is 18.2 Å². The maximum Gasteiger partial charge on any atom is 0.441 e. The van der Waals surface area contributed by atoms with Gasteiger partial charge in [-0.2, -0.15) is 13.2 Å². The van der Waals surface area contributed by atoms with Crippen molar-refractivity contribution in [2.45, 2.75) is 12.4 Å². The minimum absolute atomic E-state index is 0.133. The number of hydrogen-bond acceptors (Lipinski definition) is 3. The van der Waals surface area contributed by atoms with Crippen LogP contribution in [0.5, 0.6) is 5.75 Å². The van der Waals surface area contributed by atoms with Crippen LogP contribution in [0.2, 0.25) is 5.02 Å². The summed E-state index contributed by atoms with van der Waals surface area (Å²) in [6, 6.07) is 4.41. The monoisotopic (exact) mass is 298 g/mol. The maximum atomic E-state index is 11.9. The summed E-state index contributed by atoms with van der Waals surface area (Å²) in [5.74, 6) is -0.241. The van der Waals surface area contributed by atoms with Crippen LogP contribution in [-0.4, -0.2) is 23.7 Å². The third kappa shape index (κ3) is 5.18. The molecule has 100 valence electrons. The number of thioether (sulfide) groups is 1. The van der Waals surface area contributed by atoms with Crippen LogP contribution in [0, 0.1) is 0 Å². The Labute approximate surface area is 111 Å². The minimum atomic E-state index is -4.27. The van der Waals surface area contributed by atoms with Crippen molar-refractivity contribution in [3.63, 3.8) is 0 Å². The zero-order valence-electron chi connectivity index (χ0n) is 9.38. The highest BCUT2D eigenvalue weighted by atomic mass is 35.5. The molecule has 1 aromatic rings. The third-order valence-electron chi connectivity index (χ3n) is 1.93. The molecule has 0 amide bonds. The summed E-state index contributed by atoms with van der Waals surface area (Å²) >= 11 is 5.56. The first-order chi connectivity index (χ1) is 8.29. The van der Waals surface area contributed by atoms with E-state index in [1.54, 1.807) is 0 Å². The van der Waals surface area contributed by atoms with Gasteiger partial charge in [-0.1, -0.05) is 11.6 Å².